The van der Waals surface area contributed by atoms with Crippen LogP contribution < -0.4 is 14.2 Å². The van der Waals surface area contributed by atoms with Crippen molar-refractivity contribution in [1.29, 1.82) is 0 Å². The van der Waals surface area contributed by atoms with Crippen LogP contribution >= 0.6 is 0 Å². The zero-order chi connectivity index (χ0) is 15.5. The SMILES string of the molecule is COc1ccc(-c2ncnc3cc(OC)c(OC)cc23)cc1. The van der Waals surface area contributed by atoms with E-state index in [1.165, 1.54) is 0 Å². The van der Waals surface area contributed by atoms with Gasteiger partial charge >= 0.3 is 0 Å². The number of fused-ring (bicyclic) bond motifs is 1. The van der Waals surface area contributed by atoms with Crippen molar-refractivity contribution in [2.75, 3.05) is 21.3 Å². The van der Waals surface area contributed by atoms with Gasteiger partial charge in [0, 0.05) is 17.0 Å². The highest BCUT2D eigenvalue weighted by atomic mass is 16.5. The van der Waals surface area contributed by atoms with Crippen molar-refractivity contribution in [3.05, 3.63) is 42.7 Å². The van der Waals surface area contributed by atoms with E-state index in [-0.39, 0.29) is 0 Å². The van der Waals surface area contributed by atoms with Gasteiger partial charge in [-0.15, -0.1) is 0 Å². The quantitative estimate of drug-likeness (QED) is 0.739. The highest BCUT2D eigenvalue weighted by Crippen LogP contribution is 2.35. The average molecular weight is 296 g/mol. The van der Waals surface area contributed by atoms with Crippen molar-refractivity contribution in [1.82, 2.24) is 9.97 Å². The number of hydrogen-bond acceptors (Lipinski definition) is 5. The Labute approximate surface area is 128 Å². The minimum atomic E-state index is 0.648. The lowest BCUT2D eigenvalue weighted by atomic mass is 10.1. The van der Waals surface area contributed by atoms with Crippen molar-refractivity contribution in [3.8, 4) is 28.5 Å². The third-order valence-electron chi connectivity index (χ3n) is 3.50. The molecule has 0 spiro atoms. The molecule has 22 heavy (non-hydrogen) atoms. The first kappa shape index (κ1) is 14.1. The molecule has 0 saturated heterocycles. The summed E-state index contributed by atoms with van der Waals surface area (Å²) in [4.78, 5) is 8.73. The zero-order valence-corrected chi connectivity index (χ0v) is 12.7. The lowest BCUT2D eigenvalue weighted by molar-refractivity contribution is 0.356. The normalized spacial score (nSPS) is 10.5. The molecule has 5 heteroatoms. The molecule has 1 heterocycles. The molecule has 2 aromatic carbocycles. The van der Waals surface area contributed by atoms with Gasteiger partial charge in [0.25, 0.3) is 0 Å². The van der Waals surface area contributed by atoms with E-state index in [0.29, 0.717) is 11.5 Å². The topological polar surface area (TPSA) is 53.5 Å². The first-order chi connectivity index (χ1) is 10.8. The zero-order valence-electron chi connectivity index (χ0n) is 12.7. The Bertz CT molecular complexity index is 801. The van der Waals surface area contributed by atoms with E-state index in [1.807, 2.05) is 36.4 Å². The van der Waals surface area contributed by atoms with Crippen LogP contribution in [0.3, 0.4) is 0 Å². The maximum atomic E-state index is 5.37. The minimum Gasteiger partial charge on any atom is -0.497 e. The summed E-state index contributed by atoms with van der Waals surface area (Å²) >= 11 is 0. The second kappa shape index (κ2) is 5.89. The average Bonchev–Trinajstić information content (AvgIpc) is 2.60. The second-order valence-electron chi connectivity index (χ2n) is 4.68. The fourth-order valence-electron chi connectivity index (χ4n) is 2.36. The van der Waals surface area contributed by atoms with Gasteiger partial charge in [-0.3, -0.25) is 0 Å². The standard InChI is InChI=1S/C17H16N2O3/c1-20-12-6-4-11(5-7-12)17-13-8-15(21-2)16(22-3)9-14(13)18-10-19-17/h4-10H,1-3H3. The van der Waals surface area contributed by atoms with Crippen LogP contribution in [0, 0.1) is 0 Å². The Kier molecular flexibility index (Phi) is 3.78. The molecule has 0 bridgehead atoms. The van der Waals surface area contributed by atoms with E-state index in [2.05, 4.69) is 9.97 Å². The number of rotatable bonds is 4. The van der Waals surface area contributed by atoms with Crippen molar-refractivity contribution in [3.63, 3.8) is 0 Å². The molecule has 112 valence electrons. The van der Waals surface area contributed by atoms with E-state index in [0.717, 1.165) is 27.9 Å². The molecule has 0 fully saturated rings. The predicted octanol–water partition coefficient (Wildman–Crippen LogP) is 3.32. The highest BCUT2D eigenvalue weighted by Gasteiger charge is 2.12. The Morgan fingerprint density at radius 2 is 1.45 bits per heavy atom. The molecular weight excluding hydrogens is 280 g/mol. The van der Waals surface area contributed by atoms with Crippen molar-refractivity contribution < 1.29 is 14.2 Å². The van der Waals surface area contributed by atoms with Crippen LogP contribution in [0.2, 0.25) is 0 Å². The maximum Gasteiger partial charge on any atom is 0.162 e. The Hall–Kier alpha value is -2.82. The molecule has 5 nitrogen and oxygen atoms in total. The van der Waals surface area contributed by atoms with Gasteiger partial charge in [-0.2, -0.15) is 0 Å². The number of hydrogen-bond donors (Lipinski definition) is 0. The molecule has 0 saturated carbocycles. The summed E-state index contributed by atoms with van der Waals surface area (Å²) in [6.45, 7) is 0. The molecule has 0 aliphatic carbocycles. The van der Waals surface area contributed by atoms with Crippen LogP contribution in [-0.4, -0.2) is 31.3 Å². The summed E-state index contributed by atoms with van der Waals surface area (Å²) in [5, 5.41) is 0.908. The van der Waals surface area contributed by atoms with Crippen LogP contribution in [-0.2, 0) is 0 Å². The monoisotopic (exact) mass is 296 g/mol. The van der Waals surface area contributed by atoms with Gasteiger partial charge < -0.3 is 14.2 Å². The Morgan fingerprint density at radius 1 is 0.773 bits per heavy atom. The Morgan fingerprint density at radius 3 is 2.09 bits per heavy atom. The van der Waals surface area contributed by atoms with Crippen LogP contribution in [0.5, 0.6) is 17.2 Å². The van der Waals surface area contributed by atoms with E-state index >= 15 is 0 Å². The first-order valence-electron chi connectivity index (χ1n) is 6.78. The summed E-state index contributed by atoms with van der Waals surface area (Å²) in [5.74, 6) is 2.11. The van der Waals surface area contributed by atoms with Crippen LogP contribution in [0.4, 0.5) is 0 Å². The third kappa shape index (κ3) is 2.41. The van der Waals surface area contributed by atoms with E-state index < -0.39 is 0 Å². The van der Waals surface area contributed by atoms with Crippen molar-refractivity contribution >= 4 is 10.9 Å². The second-order valence-corrected chi connectivity index (χ2v) is 4.68. The van der Waals surface area contributed by atoms with Crippen LogP contribution in [0.1, 0.15) is 0 Å². The van der Waals surface area contributed by atoms with Crippen LogP contribution in [0.25, 0.3) is 22.2 Å². The smallest absolute Gasteiger partial charge is 0.162 e. The van der Waals surface area contributed by atoms with Crippen LogP contribution in [0.15, 0.2) is 42.7 Å². The van der Waals surface area contributed by atoms with E-state index in [4.69, 9.17) is 14.2 Å². The molecule has 0 amide bonds. The fourth-order valence-corrected chi connectivity index (χ4v) is 2.36. The molecule has 0 atom stereocenters. The van der Waals surface area contributed by atoms with Gasteiger partial charge in [-0.25, -0.2) is 9.97 Å². The van der Waals surface area contributed by atoms with Gasteiger partial charge in [0.05, 0.1) is 32.5 Å². The number of methoxy groups -OCH3 is 3. The number of benzene rings is 2. The van der Waals surface area contributed by atoms with E-state index in [9.17, 15) is 0 Å². The summed E-state index contributed by atoms with van der Waals surface area (Å²) in [6, 6.07) is 11.5. The third-order valence-corrected chi connectivity index (χ3v) is 3.50. The molecule has 0 aliphatic heterocycles. The van der Waals surface area contributed by atoms with Gasteiger partial charge in [0.15, 0.2) is 11.5 Å². The van der Waals surface area contributed by atoms with Gasteiger partial charge in [0.2, 0.25) is 0 Å². The van der Waals surface area contributed by atoms with E-state index in [1.54, 1.807) is 27.7 Å². The number of ether oxygens (including phenoxy) is 3. The molecule has 1 aromatic heterocycles. The molecule has 0 unspecified atom stereocenters. The minimum absolute atomic E-state index is 0.648. The van der Waals surface area contributed by atoms with Gasteiger partial charge in [-0.1, -0.05) is 0 Å². The molecule has 3 aromatic rings. The summed E-state index contributed by atoms with van der Waals surface area (Å²) in [7, 11) is 4.86. The Balaban J connectivity index is 2.20. The largest absolute Gasteiger partial charge is 0.497 e. The molecular formula is C17H16N2O3. The lowest BCUT2D eigenvalue weighted by Crippen LogP contribution is -1.94. The molecule has 0 N–H and O–H groups in total. The van der Waals surface area contributed by atoms with Crippen molar-refractivity contribution in [2.45, 2.75) is 0 Å². The molecule has 3 rings (SSSR count). The van der Waals surface area contributed by atoms with Crippen molar-refractivity contribution in [2.24, 2.45) is 0 Å². The molecule has 0 radical (unpaired) electrons. The van der Waals surface area contributed by atoms with Gasteiger partial charge in [0.1, 0.15) is 12.1 Å². The number of aromatic nitrogens is 2. The predicted molar refractivity (Wildman–Crippen MR) is 84.6 cm³/mol. The number of nitrogens with zero attached hydrogens (tertiary/aromatic N) is 2. The summed E-state index contributed by atoms with van der Waals surface area (Å²) in [6.07, 6.45) is 1.55. The summed E-state index contributed by atoms with van der Waals surface area (Å²) < 4.78 is 15.9. The fraction of sp³-hybridized carbons (Fsp3) is 0.176. The highest BCUT2D eigenvalue weighted by molar-refractivity contribution is 5.94. The molecule has 0 aliphatic rings. The first-order valence-corrected chi connectivity index (χ1v) is 6.78. The van der Waals surface area contributed by atoms with Gasteiger partial charge in [-0.05, 0) is 30.3 Å². The lowest BCUT2D eigenvalue weighted by Gasteiger charge is -2.11. The summed E-state index contributed by atoms with van der Waals surface area (Å²) in [5.41, 5.74) is 2.63. The maximum absolute atomic E-state index is 5.37.